The van der Waals surface area contributed by atoms with E-state index < -0.39 is 0 Å². The summed E-state index contributed by atoms with van der Waals surface area (Å²) in [6.07, 6.45) is 1.04. The van der Waals surface area contributed by atoms with Crippen LogP contribution in [0.25, 0.3) is 11.3 Å². The fourth-order valence-electron chi connectivity index (χ4n) is 1.75. The molecule has 0 aliphatic rings. The molecule has 2 aromatic rings. The van der Waals surface area contributed by atoms with E-state index in [1.807, 2.05) is 13.8 Å². The van der Waals surface area contributed by atoms with Crippen molar-refractivity contribution in [3.8, 4) is 11.3 Å². The van der Waals surface area contributed by atoms with Gasteiger partial charge in [-0.2, -0.15) is 0 Å². The molecule has 1 aromatic carbocycles. The van der Waals surface area contributed by atoms with Crippen molar-refractivity contribution < 1.29 is 4.42 Å². The second-order valence-electron chi connectivity index (χ2n) is 4.13. The number of benzene rings is 1. The molecule has 0 saturated heterocycles. The molecule has 2 nitrogen and oxygen atoms in total. The van der Waals surface area contributed by atoms with E-state index in [1.165, 1.54) is 5.56 Å². The average molecular weight is 250 g/mol. The van der Waals surface area contributed by atoms with Gasteiger partial charge >= 0.3 is 0 Å². The Hall–Kier alpha value is -1.28. The molecule has 1 atom stereocenters. The van der Waals surface area contributed by atoms with E-state index in [9.17, 15) is 0 Å². The summed E-state index contributed by atoms with van der Waals surface area (Å²) in [5, 5.41) is -0.197. The average Bonchev–Trinajstić information content (AvgIpc) is 2.72. The molecule has 2 rings (SSSR count). The molecule has 1 unspecified atom stereocenters. The maximum absolute atomic E-state index is 5.97. The first kappa shape index (κ1) is 12.2. The predicted molar refractivity (Wildman–Crippen MR) is 70.3 cm³/mol. The Morgan fingerprint density at radius 1 is 1.29 bits per heavy atom. The van der Waals surface area contributed by atoms with Gasteiger partial charge in [0.15, 0.2) is 5.76 Å². The van der Waals surface area contributed by atoms with E-state index in [1.54, 1.807) is 0 Å². The smallest absolute Gasteiger partial charge is 0.212 e. The van der Waals surface area contributed by atoms with Gasteiger partial charge in [-0.1, -0.05) is 31.2 Å². The largest absolute Gasteiger partial charge is 0.439 e. The highest BCUT2D eigenvalue weighted by atomic mass is 35.5. The van der Waals surface area contributed by atoms with Crippen molar-refractivity contribution in [3.63, 3.8) is 0 Å². The summed E-state index contributed by atoms with van der Waals surface area (Å²) in [5.41, 5.74) is 3.25. The van der Waals surface area contributed by atoms with Crippen LogP contribution in [0.3, 0.4) is 0 Å². The maximum atomic E-state index is 5.97. The number of aromatic nitrogens is 1. The van der Waals surface area contributed by atoms with E-state index >= 15 is 0 Å². The standard InChI is InChI=1S/C14H16ClNO/c1-4-11-5-7-12(8-6-11)13-10(3)16-14(17-13)9(2)15/h5-9H,4H2,1-3H3. The van der Waals surface area contributed by atoms with Crippen molar-refractivity contribution in [2.24, 2.45) is 0 Å². The van der Waals surface area contributed by atoms with Gasteiger partial charge in [0.25, 0.3) is 0 Å². The topological polar surface area (TPSA) is 26.0 Å². The molecule has 17 heavy (non-hydrogen) atoms. The first-order valence-corrected chi connectivity index (χ1v) is 6.26. The molecule has 90 valence electrons. The number of nitrogens with zero attached hydrogens (tertiary/aromatic N) is 1. The molecule has 1 aromatic heterocycles. The van der Waals surface area contributed by atoms with E-state index in [0.717, 1.165) is 23.4 Å². The Bertz CT molecular complexity index is 499. The van der Waals surface area contributed by atoms with Gasteiger partial charge in [-0.3, -0.25) is 0 Å². The number of hydrogen-bond donors (Lipinski definition) is 0. The van der Waals surface area contributed by atoms with Gasteiger partial charge in [0.05, 0.1) is 5.69 Å². The van der Waals surface area contributed by atoms with Crippen LogP contribution < -0.4 is 0 Å². The highest BCUT2D eigenvalue weighted by Crippen LogP contribution is 2.29. The molecule has 0 fully saturated rings. The SMILES string of the molecule is CCc1ccc(-c2oc(C(C)Cl)nc2C)cc1. The van der Waals surface area contributed by atoms with Gasteiger partial charge in [0, 0.05) is 5.56 Å². The van der Waals surface area contributed by atoms with Crippen molar-refractivity contribution >= 4 is 11.6 Å². The van der Waals surface area contributed by atoms with E-state index in [0.29, 0.717) is 5.89 Å². The molecular weight excluding hydrogens is 234 g/mol. The van der Waals surface area contributed by atoms with Crippen LogP contribution in [0.2, 0.25) is 0 Å². The van der Waals surface area contributed by atoms with Crippen LogP contribution in [0, 0.1) is 6.92 Å². The number of alkyl halides is 1. The number of oxazole rings is 1. The molecule has 0 aliphatic carbocycles. The third kappa shape index (κ3) is 2.52. The van der Waals surface area contributed by atoms with Crippen molar-refractivity contribution in [2.45, 2.75) is 32.6 Å². The lowest BCUT2D eigenvalue weighted by molar-refractivity contribution is 0.508. The molecule has 0 bridgehead atoms. The zero-order valence-corrected chi connectivity index (χ0v) is 11.1. The summed E-state index contributed by atoms with van der Waals surface area (Å²) in [7, 11) is 0. The maximum Gasteiger partial charge on any atom is 0.212 e. The Kier molecular flexibility index (Phi) is 3.53. The number of rotatable bonds is 3. The van der Waals surface area contributed by atoms with Crippen molar-refractivity contribution in [2.75, 3.05) is 0 Å². The zero-order valence-electron chi connectivity index (χ0n) is 10.3. The highest BCUT2D eigenvalue weighted by Gasteiger charge is 2.14. The Morgan fingerprint density at radius 3 is 2.41 bits per heavy atom. The van der Waals surface area contributed by atoms with Crippen LogP contribution in [0.5, 0.6) is 0 Å². The third-order valence-electron chi connectivity index (χ3n) is 2.78. The molecule has 0 radical (unpaired) electrons. The lowest BCUT2D eigenvalue weighted by Gasteiger charge is -2.00. The molecule has 3 heteroatoms. The number of halogens is 1. The fraction of sp³-hybridized carbons (Fsp3) is 0.357. The van der Waals surface area contributed by atoms with Gasteiger partial charge < -0.3 is 4.42 Å². The van der Waals surface area contributed by atoms with E-state index in [-0.39, 0.29) is 5.38 Å². The van der Waals surface area contributed by atoms with Gasteiger partial charge in [-0.15, -0.1) is 11.6 Å². The number of hydrogen-bond acceptors (Lipinski definition) is 2. The first-order valence-electron chi connectivity index (χ1n) is 5.82. The van der Waals surface area contributed by atoms with Gasteiger partial charge in [0.1, 0.15) is 5.38 Å². The lowest BCUT2D eigenvalue weighted by Crippen LogP contribution is -1.82. The van der Waals surface area contributed by atoms with E-state index in [2.05, 4.69) is 36.2 Å². The lowest BCUT2D eigenvalue weighted by atomic mass is 10.1. The first-order chi connectivity index (χ1) is 8.11. The molecule has 0 spiro atoms. The van der Waals surface area contributed by atoms with Crippen molar-refractivity contribution in [1.29, 1.82) is 0 Å². The Morgan fingerprint density at radius 2 is 1.94 bits per heavy atom. The summed E-state index contributed by atoms with van der Waals surface area (Å²) >= 11 is 5.97. The second-order valence-corrected chi connectivity index (χ2v) is 4.79. The minimum atomic E-state index is -0.197. The summed E-state index contributed by atoms with van der Waals surface area (Å²) in [6, 6.07) is 8.35. The molecular formula is C14H16ClNO. The highest BCUT2D eigenvalue weighted by molar-refractivity contribution is 6.20. The summed E-state index contributed by atoms with van der Waals surface area (Å²) in [6.45, 7) is 5.94. The van der Waals surface area contributed by atoms with Crippen LogP contribution in [0.1, 0.15) is 36.4 Å². The monoisotopic (exact) mass is 249 g/mol. The van der Waals surface area contributed by atoms with Gasteiger partial charge in [0.2, 0.25) is 5.89 Å². The van der Waals surface area contributed by atoms with Crippen LogP contribution in [0.15, 0.2) is 28.7 Å². The summed E-state index contributed by atoms with van der Waals surface area (Å²) in [4.78, 5) is 4.33. The molecule has 0 amide bonds. The van der Waals surface area contributed by atoms with Crippen LogP contribution in [-0.2, 0) is 6.42 Å². The van der Waals surface area contributed by atoms with E-state index in [4.69, 9.17) is 16.0 Å². The summed E-state index contributed by atoms with van der Waals surface area (Å²) in [5.74, 6) is 1.40. The van der Waals surface area contributed by atoms with Crippen LogP contribution >= 0.6 is 11.6 Å². The van der Waals surface area contributed by atoms with Crippen LogP contribution in [0.4, 0.5) is 0 Å². The molecule has 0 aliphatic heterocycles. The number of aryl methyl sites for hydroxylation is 2. The predicted octanol–water partition coefficient (Wildman–Crippen LogP) is 4.51. The molecule has 0 N–H and O–H groups in total. The zero-order chi connectivity index (χ0) is 12.4. The Labute approximate surface area is 107 Å². The normalized spacial score (nSPS) is 12.7. The Balaban J connectivity index is 2.38. The van der Waals surface area contributed by atoms with Crippen molar-refractivity contribution in [3.05, 3.63) is 41.4 Å². The fourth-order valence-corrected chi connectivity index (χ4v) is 1.84. The molecule has 1 heterocycles. The molecule has 0 saturated carbocycles. The minimum Gasteiger partial charge on any atom is -0.439 e. The third-order valence-corrected chi connectivity index (χ3v) is 2.96. The van der Waals surface area contributed by atoms with Crippen molar-refractivity contribution in [1.82, 2.24) is 4.98 Å². The minimum absolute atomic E-state index is 0.197. The van der Waals surface area contributed by atoms with Crippen LogP contribution in [-0.4, -0.2) is 4.98 Å². The van der Waals surface area contributed by atoms with Gasteiger partial charge in [-0.25, -0.2) is 4.98 Å². The summed E-state index contributed by atoms with van der Waals surface area (Å²) < 4.78 is 5.69. The van der Waals surface area contributed by atoms with Gasteiger partial charge in [-0.05, 0) is 25.8 Å². The quantitative estimate of drug-likeness (QED) is 0.748. The second kappa shape index (κ2) is 4.92.